The van der Waals surface area contributed by atoms with E-state index in [1.54, 1.807) is 0 Å². The van der Waals surface area contributed by atoms with Crippen molar-refractivity contribution >= 4 is 5.97 Å². The number of aliphatic carboxylic acids is 1. The van der Waals surface area contributed by atoms with Gasteiger partial charge in [-0.15, -0.1) is 0 Å². The third-order valence-electron chi connectivity index (χ3n) is 3.02. The SMILES string of the molecule is CCCCCCCc1n(CC(=O)O)cc[n+]1C. The number of nitrogens with zero attached hydrogens (tertiary/aromatic N) is 2. The Labute approximate surface area is 103 Å². The smallest absolute Gasteiger partial charge is 0.346 e. The van der Waals surface area contributed by atoms with E-state index in [4.69, 9.17) is 5.11 Å². The molecule has 1 aromatic heterocycles. The average Bonchev–Trinajstić information content (AvgIpc) is 2.60. The maximum absolute atomic E-state index is 10.7. The molecule has 0 aliphatic carbocycles. The van der Waals surface area contributed by atoms with Gasteiger partial charge in [-0.3, -0.25) is 0 Å². The first-order valence-electron chi connectivity index (χ1n) is 6.40. The van der Waals surface area contributed by atoms with Gasteiger partial charge in [0.2, 0.25) is 0 Å². The summed E-state index contributed by atoms with van der Waals surface area (Å²) in [5.74, 6) is 0.317. The van der Waals surface area contributed by atoms with Crippen molar-refractivity contribution in [3.8, 4) is 0 Å². The molecular formula is C13H23N2O2+. The van der Waals surface area contributed by atoms with Gasteiger partial charge in [0, 0.05) is 6.42 Å². The van der Waals surface area contributed by atoms with Crippen LogP contribution in [0.15, 0.2) is 12.4 Å². The summed E-state index contributed by atoms with van der Waals surface area (Å²) in [4.78, 5) is 10.7. The summed E-state index contributed by atoms with van der Waals surface area (Å²) in [6, 6.07) is 0. The summed E-state index contributed by atoms with van der Waals surface area (Å²) in [5, 5.41) is 8.81. The number of carboxylic acids is 1. The molecule has 0 spiro atoms. The largest absolute Gasteiger partial charge is 0.478 e. The number of unbranched alkanes of at least 4 members (excludes halogenated alkanes) is 4. The molecule has 1 N–H and O–H groups in total. The van der Waals surface area contributed by atoms with Gasteiger partial charge in [0.1, 0.15) is 12.4 Å². The molecule has 0 bridgehead atoms. The lowest BCUT2D eigenvalue weighted by Crippen LogP contribution is -2.32. The quantitative estimate of drug-likeness (QED) is 0.556. The zero-order valence-electron chi connectivity index (χ0n) is 10.9. The van der Waals surface area contributed by atoms with E-state index < -0.39 is 5.97 Å². The molecule has 1 heterocycles. The van der Waals surface area contributed by atoms with Crippen molar-refractivity contribution in [2.45, 2.75) is 52.0 Å². The van der Waals surface area contributed by atoms with Gasteiger partial charge in [-0.1, -0.05) is 32.6 Å². The lowest BCUT2D eigenvalue weighted by Gasteiger charge is -2.01. The molecule has 0 amide bonds. The van der Waals surface area contributed by atoms with Crippen molar-refractivity contribution in [2.75, 3.05) is 0 Å². The van der Waals surface area contributed by atoms with Crippen molar-refractivity contribution < 1.29 is 14.5 Å². The van der Waals surface area contributed by atoms with E-state index in [-0.39, 0.29) is 6.54 Å². The van der Waals surface area contributed by atoms with E-state index in [2.05, 4.69) is 6.92 Å². The molecule has 0 aliphatic rings. The second kappa shape index (κ2) is 7.09. The minimum absolute atomic E-state index is 0.0606. The number of hydrogen-bond donors (Lipinski definition) is 1. The first kappa shape index (κ1) is 13.7. The maximum Gasteiger partial charge on any atom is 0.346 e. The second-order valence-corrected chi connectivity index (χ2v) is 4.51. The van der Waals surface area contributed by atoms with E-state index in [0.717, 1.165) is 18.7 Å². The van der Waals surface area contributed by atoms with Crippen LogP contribution in [0.25, 0.3) is 0 Å². The molecule has 0 unspecified atom stereocenters. The van der Waals surface area contributed by atoms with Crippen molar-refractivity contribution in [2.24, 2.45) is 7.05 Å². The highest BCUT2D eigenvalue weighted by Gasteiger charge is 2.16. The monoisotopic (exact) mass is 239 g/mol. The number of imidazole rings is 1. The van der Waals surface area contributed by atoms with Crippen LogP contribution in [0.4, 0.5) is 0 Å². The van der Waals surface area contributed by atoms with Gasteiger partial charge in [-0.25, -0.2) is 13.9 Å². The van der Waals surface area contributed by atoms with Crippen molar-refractivity contribution in [3.05, 3.63) is 18.2 Å². The highest BCUT2D eigenvalue weighted by atomic mass is 16.4. The van der Waals surface area contributed by atoms with E-state index >= 15 is 0 Å². The summed E-state index contributed by atoms with van der Waals surface area (Å²) in [5.41, 5.74) is 0. The number of aromatic nitrogens is 2. The molecule has 1 rings (SSSR count). The zero-order valence-corrected chi connectivity index (χ0v) is 10.9. The summed E-state index contributed by atoms with van der Waals surface area (Å²) in [6.07, 6.45) is 10.9. The third kappa shape index (κ3) is 4.59. The Bertz CT molecular complexity index is 358. The molecule has 17 heavy (non-hydrogen) atoms. The van der Waals surface area contributed by atoms with Crippen LogP contribution in [-0.4, -0.2) is 15.6 Å². The van der Waals surface area contributed by atoms with Crippen LogP contribution in [0.2, 0.25) is 0 Å². The minimum atomic E-state index is -0.784. The topological polar surface area (TPSA) is 46.1 Å². The Morgan fingerprint density at radius 2 is 2.06 bits per heavy atom. The number of aryl methyl sites for hydroxylation is 1. The first-order valence-corrected chi connectivity index (χ1v) is 6.40. The number of rotatable bonds is 8. The molecule has 0 saturated carbocycles. The van der Waals surface area contributed by atoms with Crippen LogP contribution in [0.5, 0.6) is 0 Å². The molecule has 1 aromatic rings. The van der Waals surface area contributed by atoms with Crippen LogP contribution in [0.1, 0.15) is 44.9 Å². The fourth-order valence-electron chi connectivity index (χ4n) is 2.05. The molecule has 0 atom stereocenters. The number of carboxylic acid groups (broad SMARTS) is 1. The molecule has 0 fully saturated rings. The second-order valence-electron chi connectivity index (χ2n) is 4.51. The molecule has 0 aromatic carbocycles. The molecule has 96 valence electrons. The lowest BCUT2D eigenvalue weighted by atomic mass is 10.1. The number of hydrogen-bond acceptors (Lipinski definition) is 1. The van der Waals surface area contributed by atoms with E-state index in [0.29, 0.717) is 0 Å². The lowest BCUT2D eigenvalue weighted by molar-refractivity contribution is -0.678. The van der Waals surface area contributed by atoms with Gasteiger partial charge in [-0.2, -0.15) is 0 Å². The summed E-state index contributed by atoms with van der Waals surface area (Å²) in [6.45, 7) is 2.27. The van der Waals surface area contributed by atoms with Crippen molar-refractivity contribution in [1.82, 2.24) is 4.57 Å². The van der Waals surface area contributed by atoms with Gasteiger partial charge >= 0.3 is 5.97 Å². The Morgan fingerprint density at radius 1 is 1.35 bits per heavy atom. The van der Waals surface area contributed by atoms with Gasteiger partial charge in [0.15, 0.2) is 6.54 Å². The van der Waals surface area contributed by atoms with Crippen LogP contribution in [0, 0.1) is 0 Å². The Balaban J connectivity index is 2.45. The average molecular weight is 239 g/mol. The summed E-state index contributed by atoms with van der Waals surface area (Å²) >= 11 is 0. The molecule has 4 nitrogen and oxygen atoms in total. The Kier molecular flexibility index (Phi) is 5.73. The Hall–Kier alpha value is -1.32. The zero-order chi connectivity index (χ0) is 12.7. The molecule has 0 radical (unpaired) electrons. The van der Waals surface area contributed by atoms with E-state index in [1.165, 1.54) is 25.7 Å². The van der Waals surface area contributed by atoms with Crippen molar-refractivity contribution in [3.63, 3.8) is 0 Å². The predicted octanol–water partition coefficient (Wildman–Crippen LogP) is 1.91. The van der Waals surface area contributed by atoms with Crippen LogP contribution < -0.4 is 4.57 Å². The molecule has 0 saturated heterocycles. The van der Waals surface area contributed by atoms with Crippen LogP contribution in [-0.2, 0) is 24.8 Å². The standard InChI is InChI=1S/C13H22N2O2/c1-3-4-5-6-7-8-12-14(2)9-10-15(12)11-13(16)17/h9-10H,3-8,11H2,1-2H3/p+1. The number of carbonyl (C=O) groups is 1. The van der Waals surface area contributed by atoms with Gasteiger partial charge < -0.3 is 5.11 Å². The maximum atomic E-state index is 10.7. The van der Waals surface area contributed by atoms with Gasteiger partial charge in [0.05, 0.1) is 7.05 Å². The molecule has 0 aliphatic heterocycles. The highest BCUT2D eigenvalue weighted by molar-refractivity contribution is 5.66. The van der Waals surface area contributed by atoms with Gasteiger partial charge in [0.25, 0.3) is 5.82 Å². The van der Waals surface area contributed by atoms with Crippen LogP contribution >= 0.6 is 0 Å². The normalized spacial score (nSPS) is 10.7. The Morgan fingerprint density at radius 3 is 2.71 bits per heavy atom. The molecule has 4 heteroatoms. The van der Waals surface area contributed by atoms with Crippen LogP contribution in [0.3, 0.4) is 0 Å². The third-order valence-corrected chi connectivity index (χ3v) is 3.02. The van der Waals surface area contributed by atoms with Gasteiger partial charge in [-0.05, 0) is 6.42 Å². The summed E-state index contributed by atoms with van der Waals surface area (Å²) in [7, 11) is 1.97. The fraction of sp³-hybridized carbons (Fsp3) is 0.692. The highest BCUT2D eigenvalue weighted by Crippen LogP contribution is 2.07. The summed E-state index contributed by atoms with van der Waals surface area (Å²) < 4.78 is 3.84. The fourth-order valence-corrected chi connectivity index (χ4v) is 2.05. The molecular weight excluding hydrogens is 216 g/mol. The van der Waals surface area contributed by atoms with Crippen molar-refractivity contribution in [1.29, 1.82) is 0 Å². The first-order chi connectivity index (χ1) is 8.15. The van der Waals surface area contributed by atoms with E-state index in [1.807, 2.05) is 28.6 Å². The predicted molar refractivity (Wildman–Crippen MR) is 65.7 cm³/mol. The van der Waals surface area contributed by atoms with E-state index in [9.17, 15) is 4.79 Å². The minimum Gasteiger partial charge on any atom is -0.478 e.